The van der Waals surface area contributed by atoms with E-state index in [0.717, 1.165) is 18.4 Å². The van der Waals surface area contributed by atoms with Crippen LogP contribution >= 0.6 is 0 Å². The Morgan fingerprint density at radius 3 is 2.36 bits per heavy atom. The molecule has 0 bridgehead atoms. The Hall–Kier alpha value is -2.20. The van der Waals surface area contributed by atoms with Gasteiger partial charge in [-0.1, -0.05) is 42.5 Å². The molecule has 1 aliphatic heterocycles. The van der Waals surface area contributed by atoms with E-state index in [1.165, 1.54) is 12.1 Å². The second kappa shape index (κ2) is 7.79. The predicted octanol–water partition coefficient (Wildman–Crippen LogP) is 3.90. The molecule has 2 aromatic rings. The summed E-state index contributed by atoms with van der Waals surface area (Å²) in [6, 6.07) is 15.9. The Kier molecular flexibility index (Phi) is 5.49. The lowest BCUT2D eigenvalue weighted by Gasteiger charge is -2.35. The molecular formula is C21H24FNO2. The minimum absolute atomic E-state index is 0.0262. The molecule has 0 aromatic heterocycles. The number of hydrogen-bond acceptors (Lipinski definition) is 2. The zero-order valence-corrected chi connectivity index (χ0v) is 14.4. The van der Waals surface area contributed by atoms with Crippen LogP contribution in [0.15, 0.2) is 54.6 Å². The molecule has 3 nitrogen and oxygen atoms in total. The number of nitrogens with zero attached hydrogens (tertiary/aromatic N) is 1. The van der Waals surface area contributed by atoms with Gasteiger partial charge in [0.2, 0.25) is 5.91 Å². The number of aliphatic hydroxyl groups is 1. The topological polar surface area (TPSA) is 40.5 Å². The molecule has 1 aliphatic rings. The summed E-state index contributed by atoms with van der Waals surface area (Å²) in [5.74, 6) is -0.484. The number of amides is 1. The number of rotatable bonds is 4. The van der Waals surface area contributed by atoms with Gasteiger partial charge in [0.1, 0.15) is 5.82 Å². The van der Waals surface area contributed by atoms with Gasteiger partial charge in [0.05, 0.1) is 12.0 Å². The van der Waals surface area contributed by atoms with Gasteiger partial charge < -0.3 is 10.0 Å². The summed E-state index contributed by atoms with van der Waals surface area (Å²) in [6.45, 7) is 3.09. The van der Waals surface area contributed by atoms with Crippen LogP contribution in [0.2, 0.25) is 0 Å². The fourth-order valence-corrected chi connectivity index (χ4v) is 3.55. The molecule has 1 fully saturated rings. The average Bonchev–Trinajstić information content (AvgIpc) is 2.67. The molecule has 1 amide bonds. The van der Waals surface area contributed by atoms with E-state index >= 15 is 0 Å². The lowest BCUT2D eigenvalue weighted by Crippen LogP contribution is -2.41. The van der Waals surface area contributed by atoms with Gasteiger partial charge in [-0.3, -0.25) is 4.79 Å². The lowest BCUT2D eigenvalue weighted by molar-refractivity contribution is -0.134. The van der Waals surface area contributed by atoms with Gasteiger partial charge in [-0.05, 0) is 48.9 Å². The van der Waals surface area contributed by atoms with E-state index in [1.807, 2.05) is 42.2 Å². The first-order valence-electron chi connectivity index (χ1n) is 8.83. The van der Waals surface area contributed by atoms with Crippen LogP contribution in [0.5, 0.6) is 0 Å². The van der Waals surface area contributed by atoms with E-state index < -0.39 is 6.10 Å². The molecule has 2 atom stereocenters. The number of likely N-dealkylation sites (tertiary alicyclic amines) is 1. The van der Waals surface area contributed by atoms with Gasteiger partial charge in [0.15, 0.2) is 0 Å². The van der Waals surface area contributed by atoms with Crippen molar-refractivity contribution in [2.45, 2.75) is 31.8 Å². The zero-order valence-electron chi connectivity index (χ0n) is 14.4. The standard InChI is InChI=1S/C21H24FNO2/c1-15(18-8-5-9-19(22)14-18)21(25)23-12-10-17(11-13-23)20(24)16-6-3-2-4-7-16/h2-9,14-15,17,20,24H,10-13H2,1H3. The van der Waals surface area contributed by atoms with E-state index in [2.05, 4.69) is 0 Å². The van der Waals surface area contributed by atoms with Crippen molar-refractivity contribution in [3.8, 4) is 0 Å². The Morgan fingerprint density at radius 1 is 1.08 bits per heavy atom. The lowest BCUT2D eigenvalue weighted by atomic mass is 9.87. The van der Waals surface area contributed by atoms with Crippen molar-refractivity contribution < 1.29 is 14.3 Å². The van der Waals surface area contributed by atoms with Crippen molar-refractivity contribution in [2.75, 3.05) is 13.1 Å². The van der Waals surface area contributed by atoms with E-state index in [-0.39, 0.29) is 23.6 Å². The normalized spacial score (nSPS) is 18.0. The molecule has 2 unspecified atom stereocenters. The monoisotopic (exact) mass is 341 g/mol. The van der Waals surface area contributed by atoms with Crippen molar-refractivity contribution in [1.29, 1.82) is 0 Å². The van der Waals surface area contributed by atoms with Crippen molar-refractivity contribution in [2.24, 2.45) is 5.92 Å². The highest BCUT2D eigenvalue weighted by Gasteiger charge is 2.30. The van der Waals surface area contributed by atoms with Crippen LogP contribution in [-0.2, 0) is 4.79 Å². The largest absolute Gasteiger partial charge is 0.388 e. The zero-order chi connectivity index (χ0) is 17.8. The number of carbonyl (C=O) groups excluding carboxylic acids is 1. The number of hydrogen-bond donors (Lipinski definition) is 1. The summed E-state index contributed by atoms with van der Waals surface area (Å²) in [7, 11) is 0. The summed E-state index contributed by atoms with van der Waals surface area (Å²) in [5.41, 5.74) is 1.64. The summed E-state index contributed by atoms with van der Waals surface area (Å²) >= 11 is 0. The van der Waals surface area contributed by atoms with Crippen molar-refractivity contribution in [3.63, 3.8) is 0 Å². The Morgan fingerprint density at radius 2 is 1.72 bits per heavy atom. The highest BCUT2D eigenvalue weighted by Crippen LogP contribution is 2.31. The fourth-order valence-electron chi connectivity index (χ4n) is 3.55. The number of piperidine rings is 1. The third-order valence-corrected chi connectivity index (χ3v) is 5.16. The van der Waals surface area contributed by atoms with E-state index in [9.17, 15) is 14.3 Å². The van der Waals surface area contributed by atoms with Crippen LogP contribution in [0.1, 0.15) is 42.9 Å². The summed E-state index contributed by atoms with van der Waals surface area (Å²) < 4.78 is 13.4. The first kappa shape index (κ1) is 17.6. The minimum Gasteiger partial charge on any atom is -0.388 e. The second-order valence-corrected chi connectivity index (χ2v) is 6.79. The molecule has 25 heavy (non-hydrogen) atoms. The highest BCUT2D eigenvalue weighted by atomic mass is 19.1. The second-order valence-electron chi connectivity index (χ2n) is 6.79. The van der Waals surface area contributed by atoms with Gasteiger partial charge in [-0.25, -0.2) is 4.39 Å². The minimum atomic E-state index is -0.487. The number of halogens is 1. The fraction of sp³-hybridized carbons (Fsp3) is 0.381. The molecule has 1 N–H and O–H groups in total. The van der Waals surface area contributed by atoms with Crippen LogP contribution in [0.25, 0.3) is 0 Å². The van der Waals surface area contributed by atoms with Crippen molar-refractivity contribution >= 4 is 5.91 Å². The van der Waals surface area contributed by atoms with Gasteiger partial charge in [-0.2, -0.15) is 0 Å². The summed E-state index contributed by atoms with van der Waals surface area (Å²) in [4.78, 5) is 14.5. The average molecular weight is 341 g/mol. The first-order chi connectivity index (χ1) is 12.1. The van der Waals surface area contributed by atoms with Gasteiger partial charge in [0, 0.05) is 13.1 Å². The Balaban J connectivity index is 1.59. The van der Waals surface area contributed by atoms with Gasteiger partial charge >= 0.3 is 0 Å². The molecule has 0 spiro atoms. The number of aliphatic hydroxyl groups excluding tert-OH is 1. The molecular weight excluding hydrogens is 317 g/mol. The Bertz CT molecular complexity index is 711. The molecule has 4 heteroatoms. The molecule has 0 aliphatic carbocycles. The van der Waals surface area contributed by atoms with Crippen molar-refractivity contribution in [1.82, 2.24) is 4.90 Å². The van der Waals surface area contributed by atoms with E-state index in [4.69, 9.17) is 0 Å². The van der Waals surface area contributed by atoms with Crippen LogP contribution in [0, 0.1) is 11.7 Å². The summed E-state index contributed by atoms with van der Waals surface area (Å²) in [6.07, 6.45) is 1.06. The Labute approximate surface area is 148 Å². The quantitative estimate of drug-likeness (QED) is 0.916. The maximum atomic E-state index is 13.4. The van der Waals surface area contributed by atoms with Crippen LogP contribution in [-0.4, -0.2) is 29.0 Å². The summed E-state index contributed by atoms with van der Waals surface area (Å²) in [5, 5.41) is 10.5. The van der Waals surface area contributed by atoms with Gasteiger partial charge in [0.25, 0.3) is 0 Å². The van der Waals surface area contributed by atoms with Crippen LogP contribution in [0.4, 0.5) is 4.39 Å². The molecule has 0 saturated carbocycles. The van der Waals surface area contributed by atoms with E-state index in [0.29, 0.717) is 18.7 Å². The van der Waals surface area contributed by atoms with Crippen LogP contribution < -0.4 is 0 Å². The SMILES string of the molecule is CC(C(=O)N1CCC(C(O)c2ccccc2)CC1)c1cccc(F)c1. The molecule has 2 aromatic carbocycles. The van der Waals surface area contributed by atoms with Gasteiger partial charge in [-0.15, -0.1) is 0 Å². The highest BCUT2D eigenvalue weighted by molar-refractivity contribution is 5.83. The first-order valence-corrected chi connectivity index (χ1v) is 8.83. The smallest absolute Gasteiger partial charge is 0.229 e. The number of carbonyl (C=O) groups is 1. The van der Waals surface area contributed by atoms with Crippen molar-refractivity contribution in [3.05, 3.63) is 71.5 Å². The molecule has 0 radical (unpaired) electrons. The third-order valence-electron chi connectivity index (χ3n) is 5.16. The molecule has 1 heterocycles. The van der Waals surface area contributed by atoms with Crippen LogP contribution in [0.3, 0.4) is 0 Å². The molecule has 3 rings (SSSR count). The van der Waals surface area contributed by atoms with E-state index in [1.54, 1.807) is 12.1 Å². The molecule has 132 valence electrons. The maximum Gasteiger partial charge on any atom is 0.229 e. The third kappa shape index (κ3) is 4.07. The molecule has 1 saturated heterocycles. The number of benzene rings is 2. The predicted molar refractivity (Wildman–Crippen MR) is 95.5 cm³/mol. The maximum absolute atomic E-state index is 13.4.